The second kappa shape index (κ2) is 7.82. The zero-order valence-corrected chi connectivity index (χ0v) is 17.7. The van der Waals surface area contributed by atoms with Crippen LogP contribution in [0, 0.1) is 11.8 Å². The van der Waals surface area contributed by atoms with E-state index in [1.54, 1.807) is 0 Å². The SMILES string of the molecule is CC1=NC(N2CC3CN(C(=O)C4(c5ccccc5)CCOCC4)CC3C2)=NC(=O)C1F. The maximum Gasteiger partial charge on any atom is 0.289 e. The highest BCUT2D eigenvalue weighted by atomic mass is 19.1. The van der Waals surface area contributed by atoms with E-state index in [1.165, 1.54) is 6.92 Å². The molecule has 4 aliphatic heterocycles. The molecule has 0 aromatic heterocycles. The number of rotatable bonds is 2. The molecule has 4 heterocycles. The Bertz CT molecular complexity index is 927. The molecule has 0 bridgehead atoms. The summed E-state index contributed by atoms with van der Waals surface area (Å²) >= 11 is 0. The van der Waals surface area contributed by atoms with Crippen LogP contribution in [0.5, 0.6) is 0 Å². The van der Waals surface area contributed by atoms with Crippen LogP contribution in [0.2, 0.25) is 0 Å². The van der Waals surface area contributed by atoms with Crippen molar-refractivity contribution in [2.75, 3.05) is 39.4 Å². The summed E-state index contributed by atoms with van der Waals surface area (Å²) in [5.41, 5.74) is 0.714. The van der Waals surface area contributed by atoms with Crippen LogP contribution < -0.4 is 0 Å². The lowest BCUT2D eigenvalue weighted by Gasteiger charge is -2.39. The number of guanidine groups is 1. The molecule has 1 aromatic rings. The van der Waals surface area contributed by atoms with Gasteiger partial charge in [0.25, 0.3) is 5.91 Å². The van der Waals surface area contributed by atoms with Gasteiger partial charge >= 0.3 is 0 Å². The molecule has 7 nitrogen and oxygen atoms in total. The number of hydrogen-bond donors (Lipinski definition) is 0. The molecule has 0 aliphatic carbocycles. The summed E-state index contributed by atoms with van der Waals surface area (Å²) in [5.74, 6) is 0.331. The average molecular weight is 426 g/mol. The summed E-state index contributed by atoms with van der Waals surface area (Å²) in [6.07, 6.45) is -0.330. The smallest absolute Gasteiger partial charge is 0.289 e. The molecule has 5 rings (SSSR count). The second-order valence-electron chi connectivity index (χ2n) is 9.06. The summed E-state index contributed by atoms with van der Waals surface area (Å²) < 4.78 is 19.3. The van der Waals surface area contributed by atoms with Crippen LogP contribution in [-0.4, -0.2) is 78.8 Å². The first-order valence-electron chi connectivity index (χ1n) is 11.0. The van der Waals surface area contributed by atoms with Crippen LogP contribution in [0.15, 0.2) is 40.3 Å². The fourth-order valence-electron chi connectivity index (χ4n) is 5.44. The molecule has 0 saturated carbocycles. The van der Waals surface area contributed by atoms with Gasteiger partial charge in [-0.15, -0.1) is 0 Å². The minimum atomic E-state index is -1.73. The lowest BCUT2D eigenvalue weighted by molar-refractivity contribution is -0.140. The normalized spacial score (nSPS) is 30.1. The molecule has 1 aromatic carbocycles. The van der Waals surface area contributed by atoms with Crippen LogP contribution in [0.1, 0.15) is 25.3 Å². The topological polar surface area (TPSA) is 74.6 Å². The molecule has 2 amide bonds. The third kappa shape index (κ3) is 3.46. The molecule has 3 fully saturated rings. The molecule has 3 saturated heterocycles. The van der Waals surface area contributed by atoms with E-state index >= 15 is 0 Å². The molecule has 164 valence electrons. The van der Waals surface area contributed by atoms with Crippen molar-refractivity contribution in [3.8, 4) is 0 Å². The number of carbonyl (C=O) groups excluding carboxylic acids is 2. The quantitative estimate of drug-likeness (QED) is 0.723. The van der Waals surface area contributed by atoms with Gasteiger partial charge in [-0.05, 0) is 25.3 Å². The third-order valence-corrected chi connectivity index (χ3v) is 7.21. The number of likely N-dealkylation sites (tertiary alicyclic amines) is 2. The maximum atomic E-state index is 13.8. The van der Waals surface area contributed by atoms with E-state index in [0.717, 1.165) is 5.56 Å². The van der Waals surface area contributed by atoms with Gasteiger partial charge in [0.1, 0.15) is 0 Å². The van der Waals surface area contributed by atoms with Gasteiger partial charge in [0.2, 0.25) is 18.0 Å². The molecule has 0 N–H and O–H groups in total. The predicted octanol–water partition coefficient (Wildman–Crippen LogP) is 1.82. The van der Waals surface area contributed by atoms with Crippen molar-refractivity contribution in [3.05, 3.63) is 35.9 Å². The number of fused-ring (bicyclic) bond motifs is 1. The zero-order valence-electron chi connectivity index (χ0n) is 17.7. The summed E-state index contributed by atoms with van der Waals surface area (Å²) in [6.45, 7) is 5.43. The average Bonchev–Trinajstić information content (AvgIpc) is 3.37. The standard InChI is InChI=1S/C23H27FN4O3/c1-15-19(24)20(29)26-22(25-15)28-13-16-11-27(12-17(16)14-28)21(30)23(7-9-31-10-8-23)18-5-3-2-4-6-18/h2-6,16-17,19H,7-14H2,1H3. The van der Waals surface area contributed by atoms with Gasteiger partial charge in [-0.25, -0.2) is 9.38 Å². The molecule has 31 heavy (non-hydrogen) atoms. The molecule has 0 radical (unpaired) electrons. The van der Waals surface area contributed by atoms with Crippen molar-refractivity contribution in [3.63, 3.8) is 0 Å². The Morgan fingerprint density at radius 2 is 1.71 bits per heavy atom. The summed E-state index contributed by atoms with van der Waals surface area (Å²) in [6, 6.07) is 10.1. The van der Waals surface area contributed by atoms with Gasteiger partial charge in [0.15, 0.2) is 0 Å². The number of nitrogens with zero attached hydrogens (tertiary/aromatic N) is 4. The van der Waals surface area contributed by atoms with E-state index in [4.69, 9.17) is 4.74 Å². The molecular formula is C23H27FN4O3. The fraction of sp³-hybridized carbons (Fsp3) is 0.565. The van der Waals surface area contributed by atoms with E-state index in [9.17, 15) is 14.0 Å². The Balaban J connectivity index is 1.30. The zero-order chi connectivity index (χ0) is 21.6. The highest BCUT2D eigenvalue weighted by Gasteiger charge is 2.49. The number of hydrogen-bond acceptors (Lipinski definition) is 5. The van der Waals surface area contributed by atoms with Crippen LogP contribution in [0.4, 0.5) is 4.39 Å². The minimum Gasteiger partial charge on any atom is -0.381 e. The van der Waals surface area contributed by atoms with Crippen molar-refractivity contribution in [2.45, 2.75) is 31.4 Å². The fourth-order valence-corrected chi connectivity index (χ4v) is 5.44. The van der Waals surface area contributed by atoms with Gasteiger partial charge in [-0.2, -0.15) is 4.99 Å². The van der Waals surface area contributed by atoms with E-state index in [0.29, 0.717) is 70.0 Å². The Labute approximate surface area is 181 Å². The molecular weight excluding hydrogens is 399 g/mol. The van der Waals surface area contributed by atoms with Gasteiger partial charge in [0, 0.05) is 51.2 Å². The van der Waals surface area contributed by atoms with Crippen molar-refractivity contribution in [1.82, 2.24) is 9.80 Å². The second-order valence-corrected chi connectivity index (χ2v) is 9.06. The van der Waals surface area contributed by atoms with Gasteiger partial charge in [-0.3, -0.25) is 9.59 Å². The van der Waals surface area contributed by atoms with Crippen LogP contribution >= 0.6 is 0 Å². The Morgan fingerprint density at radius 3 is 2.32 bits per heavy atom. The number of amides is 2. The lowest BCUT2D eigenvalue weighted by atomic mass is 9.73. The number of halogens is 1. The molecule has 3 atom stereocenters. The van der Waals surface area contributed by atoms with Gasteiger partial charge < -0.3 is 14.5 Å². The molecule has 0 spiro atoms. The number of alkyl halides is 1. The Kier molecular flexibility index (Phi) is 5.12. The highest BCUT2D eigenvalue weighted by molar-refractivity contribution is 6.16. The van der Waals surface area contributed by atoms with Crippen LogP contribution in [0.25, 0.3) is 0 Å². The minimum absolute atomic E-state index is 0.160. The van der Waals surface area contributed by atoms with Crippen molar-refractivity contribution >= 4 is 23.5 Å². The van der Waals surface area contributed by atoms with Crippen molar-refractivity contribution in [1.29, 1.82) is 0 Å². The van der Waals surface area contributed by atoms with Crippen LogP contribution in [0.3, 0.4) is 0 Å². The maximum absolute atomic E-state index is 13.8. The summed E-state index contributed by atoms with van der Waals surface area (Å²) in [5, 5.41) is 0. The molecule has 3 unspecified atom stereocenters. The number of carbonyl (C=O) groups is 2. The van der Waals surface area contributed by atoms with E-state index in [-0.39, 0.29) is 11.6 Å². The van der Waals surface area contributed by atoms with Crippen LogP contribution in [-0.2, 0) is 19.7 Å². The Hall–Kier alpha value is -2.61. The largest absolute Gasteiger partial charge is 0.381 e. The summed E-state index contributed by atoms with van der Waals surface area (Å²) in [7, 11) is 0. The van der Waals surface area contributed by atoms with E-state index in [2.05, 4.69) is 22.1 Å². The van der Waals surface area contributed by atoms with Gasteiger partial charge in [0.05, 0.1) is 11.1 Å². The predicted molar refractivity (Wildman–Crippen MR) is 114 cm³/mol. The molecule has 4 aliphatic rings. The summed E-state index contributed by atoms with van der Waals surface area (Å²) in [4.78, 5) is 37.6. The highest BCUT2D eigenvalue weighted by Crippen LogP contribution is 2.40. The van der Waals surface area contributed by atoms with E-state index < -0.39 is 17.5 Å². The molecule has 8 heteroatoms. The first-order valence-corrected chi connectivity index (χ1v) is 11.0. The third-order valence-electron chi connectivity index (χ3n) is 7.21. The van der Waals surface area contributed by atoms with E-state index in [1.807, 2.05) is 28.0 Å². The number of aliphatic imine (C=N–C) groups is 2. The lowest BCUT2D eigenvalue weighted by Crippen LogP contribution is -2.50. The number of benzene rings is 1. The van der Waals surface area contributed by atoms with Crippen molar-refractivity contribution in [2.24, 2.45) is 21.8 Å². The Morgan fingerprint density at radius 1 is 1.06 bits per heavy atom. The first kappa shape index (κ1) is 20.3. The van der Waals surface area contributed by atoms with Crippen molar-refractivity contribution < 1.29 is 18.7 Å². The van der Waals surface area contributed by atoms with Gasteiger partial charge in [-0.1, -0.05) is 30.3 Å². The first-order chi connectivity index (χ1) is 15.0. The number of ether oxygens (including phenoxy) is 1. The monoisotopic (exact) mass is 426 g/mol.